The highest BCUT2D eigenvalue weighted by Crippen LogP contribution is 2.31. The number of hydrogen-bond donors (Lipinski definition) is 6. The quantitative estimate of drug-likeness (QED) is 0.0742. The summed E-state index contributed by atoms with van der Waals surface area (Å²) in [7, 11) is 0. The van der Waals surface area contributed by atoms with E-state index in [-0.39, 0.29) is 0 Å². The first-order chi connectivity index (χ1) is 20.9. The Balaban J connectivity index is 0.000000838. The second-order valence-corrected chi connectivity index (χ2v) is 11.4. The number of benzene rings is 2. The van der Waals surface area contributed by atoms with Crippen molar-refractivity contribution in [1.82, 2.24) is 15.6 Å². The maximum Gasteiger partial charge on any atom is 0.374 e. The first-order valence-electron chi connectivity index (χ1n) is 15.6. The highest BCUT2D eigenvalue weighted by molar-refractivity contribution is 7.80. The van der Waals surface area contributed by atoms with Crippen LogP contribution in [0.15, 0.2) is 42.6 Å². The number of carbonyl (C=O) groups excluding carboxylic acids is 1. The topological polar surface area (TPSA) is 120 Å². The Hall–Kier alpha value is -2.95. The Bertz CT molecular complexity index is 1280. The zero-order valence-electron chi connectivity index (χ0n) is 26.9. The second-order valence-electron chi connectivity index (χ2n) is 10.7. The Kier molecular flexibility index (Phi) is 18.6. The molecule has 3 aromatic rings. The van der Waals surface area contributed by atoms with Crippen LogP contribution in [-0.2, 0) is 17.6 Å². The fourth-order valence-corrected chi connectivity index (χ4v) is 4.79. The summed E-state index contributed by atoms with van der Waals surface area (Å²) in [6, 6.07) is 12.8. The van der Waals surface area contributed by atoms with Crippen molar-refractivity contribution in [2.45, 2.75) is 79.1 Å². The largest absolute Gasteiger partial charge is 0.477 e. The van der Waals surface area contributed by atoms with Crippen molar-refractivity contribution in [2.24, 2.45) is 11.7 Å². The minimum atomic E-state index is -3.58. The molecule has 0 saturated heterocycles. The number of carbonyl (C=O) groups is 2. The maximum atomic E-state index is 12.3. The molecule has 0 spiro atoms. The smallest absolute Gasteiger partial charge is 0.374 e. The van der Waals surface area contributed by atoms with Gasteiger partial charge in [0.1, 0.15) is 0 Å². The van der Waals surface area contributed by atoms with E-state index in [1.54, 1.807) is 0 Å². The van der Waals surface area contributed by atoms with E-state index in [1.807, 2.05) is 13.0 Å². The van der Waals surface area contributed by atoms with Gasteiger partial charge in [0.05, 0.1) is 11.1 Å². The lowest BCUT2D eigenvalue weighted by Gasteiger charge is -2.14. The molecule has 0 radical (unpaired) electrons. The van der Waals surface area contributed by atoms with Gasteiger partial charge in [0.2, 0.25) is 0 Å². The van der Waals surface area contributed by atoms with Crippen LogP contribution in [0.3, 0.4) is 0 Å². The third-order valence-electron chi connectivity index (χ3n) is 7.23. The van der Waals surface area contributed by atoms with Crippen LogP contribution in [0.4, 0.5) is 8.78 Å². The molecule has 1 aromatic heterocycles. The van der Waals surface area contributed by atoms with E-state index in [4.69, 9.17) is 10.8 Å². The molecule has 246 valence electrons. The van der Waals surface area contributed by atoms with E-state index in [2.05, 4.69) is 85.5 Å². The van der Waals surface area contributed by atoms with Crippen LogP contribution < -0.4 is 16.4 Å². The van der Waals surface area contributed by atoms with Crippen LogP contribution in [0.1, 0.15) is 81.8 Å². The summed E-state index contributed by atoms with van der Waals surface area (Å²) in [5.74, 6) is -4.36. The molecule has 0 aliphatic carbocycles. The zero-order valence-corrected chi connectivity index (χ0v) is 27.8. The predicted octanol–water partition coefficient (Wildman–Crippen LogP) is 7.10. The summed E-state index contributed by atoms with van der Waals surface area (Å²) in [5.41, 5.74) is 11.9. The third-order valence-corrected chi connectivity index (χ3v) is 7.23. The molecule has 0 bridgehead atoms. The molecule has 0 aliphatic rings. The van der Waals surface area contributed by atoms with Gasteiger partial charge in [0.25, 0.3) is 5.91 Å². The molecule has 2 aromatic carbocycles. The van der Waals surface area contributed by atoms with E-state index in [0.29, 0.717) is 12.5 Å². The SMILES string of the molecule is CC(F)(F)C(=O)O.CCNCCc1cccc(-c2cc(C(N)=O)c3[nH]cc(CCCC(CC)CCNCC)c3c2)c1.CCS. The number of aromatic amines is 1. The monoisotopic (exact) mass is 634 g/mol. The summed E-state index contributed by atoms with van der Waals surface area (Å²) >= 11 is 3.79. The maximum absolute atomic E-state index is 12.3. The number of carboxylic acid groups (broad SMARTS) is 1. The van der Waals surface area contributed by atoms with Crippen molar-refractivity contribution < 1.29 is 23.5 Å². The van der Waals surface area contributed by atoms with Gasteiger partial charge >= 0.3 is 11.9 Å². The van der Waals surface area contributed by atoms with E-state index >= 15 is 0 Å². The van der Waals surface area contributed by atoms with Crippen LogP contribution in [0, 0.1) is 5.92 Å². The molecular weight excluding hydrogens is 582 g/mol. The van der Waals surface area contributed by atoms with Crippen molar-refractivity contribution in [1.29, 1.82) is 0 Å². The summed E-state index contributed by atoms with van der Waals surface area (Å²) in [6.07, 6.45) is 8.87. The standard InChI is InChI=1S/C29H42N4O.C3H4F2O2.C2H6S/c1-4-21(13-15-31-5-2)9-7-12-24-20-33-28-26(24)18-25(19-27(28)29(30)34)23-11-8-10-22(17-23)14-16-32-6-3;1-3(4,5)2(6)7;1-2-3/h8,10-11,17-21,31-33H,4-7,9,12-16H2,1-3H3,(H2,30,34);1H3,(H,6,7);3H,2H2,1H3. The van der Waals surface area contributed by atoms with Gasteiger partial charge in [-0.1, -0.05) is 64.8 Å². The zero-order chi connectivity index (χ0) is 33.1. The molecule has 10 heteroatoms. The Morgan fingerprint density at radius 1 is 1.00 bits per heavy atom. The minimum Gasteiger partial charge on any atom is -0.477 e. The van der Waals surface area contributed by atoms with E-state index in [9.17, 15) is 18.4 Å². The van der Waals surface area contributed by atoms with Crippen LogP contribution in [0.25, 0.3) is 22.0 Å². The highest BCUT2D eigenvalue weighted by atomic mass is 32.1. The fourth-order valence-electron chi connectivity index (χ4n) is 4.79. The third kappa shape index (κ3) is 13.8. The van der Waals surface area contributed by atoms with E-state index in [0.717, 1.165) is 79.1 Å². The first kappa shape index (κ1) is 39.1. The second kappa shape index (κ2) is 20.9. The number of nitrogens with one attached hydrogen (secondary N) is 3. The van der Waals surface area contributed by atoms with Gasteiger partial charge in [0, 0.05) is 18.5 Å². The molecule has 1 atom stereocenters. The lowest BCUT2D eigenvalue weighted by Crippen LogP contribution is -2.22. The van der Waals surface area contributed by atoms with Crippen LogP contribution in [-0.4, -0.2) is 59.8 Å². The van der Waals surface area contributed by atoms with Crippen molar-refractivity contribution in [3.05, 3.63) is 59.3 Å². The van der Waals surface area contributed by atoms with Gasteiger partial charge in [-0.25, -0.2) is 4.79 Å². The molecule has 0 aliphatic heterocycles. The number of primary amides is 1. The molecular formula is C34H52F2N4O3S. The normalized spacial score (nSPS) is 11.7. The molecule has 44 heavy (non-hydrogen) atoms. The number of H-pyrrole nitrogens is 1. The van der Waals surface area contributed by atoms with Gasteiger partial charge in [0.15, 0.2) is 0 Å². The Labute approximate surface area is 267 Å². The number of carboxylic acids is 1. The molecule has 1 amide bonds. The van der Waals surface area contributed by atoms with Crippen molar-refractivity contribution >= 4 is 35.4 Å². The number of amides is 1. The van der Waals surface area contributed by atoms with E-state index < -0.39 is 17.8 Å². The summed E-state index contributed by atoms with van der Waals surface area (Å²) < 4.78 is 22.5. The van der Waals surface area contributed by atoms with Crippen molar-refractivity contribution in [2.75, 3.05) is 31.9 Å². The van der Waals surface area contributed by atoms with Crippen LogP contribution in [0.2, 0.25) is 0 Å². The van der Waals surface area contributed by atoms with Gasteiger partial charge in [-0.3, -0.25) is 4.79 Å². The van der Waals surface area contributed by atoms with Gasteiger partial charge < -0.3 is 26.5 Å². The minimum absolute atomic E-state index is 0.329. The number of fused-ring (bicyclic) bond motifs is 1. The highest BCUT2D eigenvalue weighted by Gasteiger charge is 2.31. The fraction of sp³-hybridized carbons (Fsp3) is 0.529. The Morgan fingerprint density at radius 3 is 2.20 bits per heavy atom. The number of likely N-dealkylation sites (N-methyl/N-ethyl adjacent to an activating group) is 1. The number of hydrogen-bond acceptors (Lipinski definition) is 5. The molecule has 0 saturated carbocycles. The molecule has 1 unspecified atom stereocenters. The lowest BCUT2D eigenvalue weighted by atomic mass is 9.93. The summed E-state index contributed by atoms with van der Waals surface area (Å²) in [4.78, 5) is 24.9. The Morgan fingerprint density at radius 2 is 1.64 bits per heavy atom. The molecule has 6 N–H and O–H groups in total. The number of aromatic nitrogens is 1. The van der Waals surface area contributed by atoms with Gasteiger partial charge in [-0.2, -0.15) is 21.4 Å². The summed E-state index contributed by atoms with van der Waals surface area (Å²) in [6.45, 7) is 13.0. The van der Waals surface area contributed by atoms with Gasteiger partial charge in [-0.05, 0) is 97.9 Å². The molecule has 3 rings (SSSR count). The average Bonchev–Trinajstić information content (AvgIpc) is 3.39. The number of nitrogens with two attached hydrogens (primary N) is 1. The van der Waals surface area contributed by atoms with Crippen LogP contribution >= 0.6 is 12.6 Å². The number of aliphatic carboxylic acids is 1. The molecule has 0 fully saturated rings. The van der Waals surface area contributed by atoms with Crippen molar-refractivity contribution in [3.8, 4) is 11.1 Å². The van der Waals surface area contributed by atoms with Gasteiger partial charge in [-0.15, -0.1) is 0 Å². The summed E-state index contributed by atoms with van der Waals surface area (Å²) in [5, 5.41) is 15.4. The predicted molar refractivity (Wildman–Crippen MR) is 182 cm³/mol. The number of alkyl halides is 2. The first-order valence-corrected chi connectivity index (χ1v) is 16.2. The molecule has 1 heterocycles. The molecule has 7 nitrogen and oxygen atoms in total. The lowest BCUT2D eigenvalue weighted by molar-refractivity contribution is -0.161. The van der Waals surface area contributed by atoms with Crippen LogP contribution in [0.5, 0.6) is 0 Å². The van der Waals surface area contributed by atoms with Crippen molar-refractivity contribution in [3.63, 3.8) is 0 Å². The number of thiol groups is 1. The average molecular weight is 635 g/mol. The number of aryl methyl sites for hydroxylation is 1. The number of rotatable bonds is 16. The van der Waals surface area contributed by atoms with E-state index in [1.165, 1.54) is 30.4 Å². The number of halogens is 2.